The Kier molecular flexibility index (Phi) is 3.95. The first-order valence-electron chi connectivity index (χ1n) is 3.48. The van der Waals surface area contributed by atoms with Gasteiger partial charge >= 0.3 is 23.3 Å². The summed E-state index contributed by atoms with van der Waals surface area (Å²) in [7, 11) is -6.63. The summed E-state index contributed by atoms with van der Waals surface area (Å²) >= 11 is 0. The zero-order valence-electron chi connectivity index (χ0n) is 7.70. The standard InChI is InChI=1S/C4H3F9N2O2S/c5-1(6,3(9,10)11)2(7,8)4(12,13)18(16,17)15-14/h15H,14H2. The van der Waals surface area contributed by atoms with Crippen molar-refractivity contribution in [1.82, 2.24) is 4.83 Å². The van der Waals surface area contributed by atoms with E-state index in [1.54, 1.807) is 0 Å². The molecule has 0 saturated carbocycles. The van der Waals surface area contributed by atoms with Gasteiger partial charge in [0.15, 0.2) is 0 Å². The minimum absolute atomic E-state index is 0.0528. The van der Waals surface area contributed by atoms with Gasteiger partial charge in [-0.3, -0.25) is 5.84 Å². The van der Waals surface area contributed by atoms with Crippen LogP contribution in [0, 0.1) is 0 Å². The maximum Gasteiger partial charge on any atom is 0.460 e. The van der Waals surface area contributed by atoms with Gasteiger partial charge in [-0.2, -0.15) is 39.5 Å². The first-order chi connectivity index (χ1) is 7.56. The number of hydrogen-bond acceptors (Lipinski definition) is 3. The predicted octanol–water partition coefficient (Wildman–Crippen LogP) is 1.21. The molecule has 4 nitrogen and oxygen atoms in total. The summed E-state index contributed by atoms with van der Waals surface area (Å²) in [6, 6.07) is 0. The molecule has 0 atom stereocenters. The van der Waals surface area contributed by atoms with Gasteiger partial charge in [0.25, 0.3) is 10.0 Å². The van der Waals surface area contributed by atoms with Crippen LogP contribution in [0.1, 0.15) is 0 Å². The Labute approximate surface area is 92.9 Å². The van der Waals surface area contributed by atoms with Crippen molar-refractivity contribution in [2.24, 2.45) is 5.84 Å². The van der Waals surface area contributed by atoms with Crippen LogP contribution < -0.4 is 10.7 Å². The zero-order valence-corrected chi connectivity index (χ0v) is 8.52. The maximum atomic E-state index is 12.5. The Morgan fingerprint density at radius 2 is 1.11 bits per heavy atom. The summed E-state index contributed by atoms with van der Waals surface area (Å²) in [6.07, 6.45) is -7.09. The average Bonchev–Trinajstić information content (AvgIpc) is 2.15. The first kappa shape index (κ1) is 17.2. The van der Waals surface area contributed by atoms with Gasteiger partial charge in [-0.25, -0.2) is 8.42 Å². The molecule has 14 heteroatoms. The molecule has 0 bridgehead atoms. The summed E-state index contributed by atoms with van der Waals surface area (Å²) in [4.78, 5) is 0.0528. The third kappa shape index (κ3) is 2.11. The lowest BCUT2D eigenvalue weighted by atomic mass is 10.1. The van der Waals surface area contributed by atoms with Crippen LogP contribution in [0.15, 0.2) is 0 Å². The fraction of sp³-hybridized carbons (Fsp3) is 1.00. The van der Waals surface area contributed by atoms with E-state index in [1.165, 1.54) is 0 Å². The number of halogens is 9. The van der Waals surface area contributed by atoms with Crippen molar-refractivity contribution in [3.8, 4) is 0 Å². The van der Waals surface area contributed by atoms with E-state index in [0.29, 0.717) is 0 Å². The molecule has 0 saturated heterocycles. The lowest BCUT2D eigenvalue weighted by molar-refractivity contribution is -0.382. The topological polar surface area (TPSA) is 72.2 Å². The molecule has 3 N–H and O–H groups in total. The molecule has 0 amide bonds. The molecule has 0 heterocycles. The van der Waals surface area contributed by atoms with Crippen LogP contribution in [0.5, 0.6) is 0 Å². The third-order valence-electron chi connectivity index (χ3n) is 1.61. The zero-order chi connectivity index (χ0) is 15.2. The Morgan fingerprint density at radius 1 is 0.778 bits per heavy atom. The second kappa shape index (κ2) is 4.12. The number of hydrogen-bond donors (Lipinski definition) is 2. The van der Waals surface area contributed by atoms with Gasteiger partial charge < -0.3 is 0 Å². The van der Waals surface area contributed by atoms with Crippen LogP contribution in [-0.2, 0) is 10.0 Å². The highest BCUT2D eigenvalue weighted by Gasteiger charge is 2.85. The highest BCUT2D eigenvalue weighted by atomic mass is 32.2. The van der Waals surface area contributed by atoms with Gasteiger partial charge in [-0.05, 0) is 0 Å². The Balaban J connectivity index is 5.96. The van der Waals surface area contributed by atoms with E-state index in [4.69, 9.17) is 0 Å². The number of sulfonamides is 1. The van der Waals surface area contributed by atoms with E-state index in [2.05, 4.69) is 5.84 Å². The van der Waals surface area contributed by atoms with E-state index in [9.17, 15) is 47.9 Å². The summed E-state index contributed by atoms with van der Waals surface area (Å²) in [5, 5.41) is -6.78. The van der Waals surface area contributed by atoms with Gasteiger partial charge in [0, 0.05) is 0 Å². The second-order valence-corrected chi connectivity index (χ2v) is 4.54. The molecule has 18 heavy (non-hydrogen) atoms. The normalized spacial score (nSPS) is 15.9. The van der Waals surface area contributed by atoms with Crippen LogP contribution in [0.4, 0.5) is 39.5 Å². The van der Waals surface area contributed by atoms with E-state index >= 15 is 0 Å². The predicted molar refractivity (Wildman–Crippen MR) is 37.1 cm³/mol. The maximum absolute atomic E-state index is 12.5. The Bertz CT molecular complexity index is 413. The van der Waals surface area contributed by atoms with Crippen molar-refractivity contribution in [3.05, 3.63) is 0 Å². The van der Waals surface area contributed by atoms with Crippen LogP contribution in [0.25, 0.3) is 0 Å². The van der Waals surface area contributed by atoms with Gasteiger partial charge in [0.05, 0.1) is 0 Å². The molecule has 0 unspecified atom stereocenters. The number of hydrazine groups is 1. The second-order valence-electron chi connectivity index (χ2n) is 2.78. The molecule has 0 aliphatic rings. The molecule has 0 radical (unpaired) electrons. The summed E-state index contributed by atoms with van der Waals surface area (Å²) in [5.74, 6) is -10.7. The van der Waals surface area contributed by atoms with Crippen LogP contribution in [0.3, 0.4) is 0 Å². The smallest absolute Gasteiger partial charge is 0.258 e. The van der Waals surface area contributed by atoms with Gasteiger partial charge in [-0.15, -0.1) is 4.83 Å². The van der Waals surface area contributed by atoms with E-state index in [0.717, 1.165) is 0 Å². The monoisotopic (exact) mass is 314 g/mol. The fourth-order valence-corrected chi connectivity index (χ4v) is 1.22. The van der Waals surface area contributed by atoms with Crippen molar-refractivity contribution >= 4 is 10.0 Å². The van der Waals surface area contributed by atoms with Crippen LogP contribution >= 0.6 is 0 Å². The summed E-state index contributed by atoms with van der Waals surface area (Å²) in [5.41, 5.74) is 0. The molecule has 0 aromatic heterocycles. The molecule has 0 fully saturated rings. The first-order valence-corrected chi connectivity index (χ1v) is 4.96. The number of nitrogens with one attached hydrogen (secondary N) is 1. The molecule has 110 valence electrons. The van der Waals surface area contributed by atoms with E-state index in [1.807, 2.05) is 0 Å². The van der Waals surface area contributed by atoms with Gasteiger partial charge in [0.2, 0.25) is 0 Å². The summed E-state index contributed by atoms with van der Waals surface area (Å²) < 4.78 is 130. The van der Waals surface area contributed by atoms with Crippen molar-refractivity contribution in [2.45, 2.75) is 23.3 Å². The largest absolute Gasteiger partial charge is 0.460 e. The Hall–Kier alpha value is -0.760. The van der Waals surface area contributed by atoms with Crippen molar-refractivity contribution in [3.63, 3.8) is 0 Å². The molecule has 0 rings (SSSR count). The van der Waals surface area contributed by atoms with Crippen molar-refractivity contribution < 1.29 is 47.9 Å². The molecule has 0 spiro atoms. The minimum Gasteiger partial charge on any atom is -0.258 e. The number of alkyl halides is 9. The molecule has 0 aliphatic carbocycles. The lowest BCUT2D eigenvalue weighted by Crippen LogP contribution is -2.65. The minimum atomic E-state index is -7.28. The van der Waals surface area contributed by atoms with E-state index in [-0.39, 0.29) is 4.83 Å². The molecular formula is C4H3F9N2O2S. The molecule has 0 aromatic rings. The Morgan fingerprint density at radius 3 is 1.33 bits per heavy atom. The van der Waals surface area contributed by atoms with Crippen LogP contribution in [0.2, 0.25) is 0 Å². The molecule has 0 aromatic carbocycles. The van der Waals surface area contributed by atoms with Crippen molar-refractivity contribution in [1.29, 1.82) is 0 Å². The fourth-order valence-electron chi connectivity index (χ4n) is 0.604. The quantitative estimate of drug-likeness (QED) is 0.465. The molecule has 0 aliphatic heterocycles. The molecular weight excluding hydrogens is 311 g/mol. The van der Waals surface area contributed by atoms with E-state index < -0.39 is 33.3 Å². The number of rotatable bonds is 4. The van der Waals surface area contributed by atoms with Crippen LogP contribution in [-0.4, -0.2) is 31.7 Å². The third-order valence-corrected chi connectivity index (χ3v) is 2.85. The van der Waals surface area contributed by atoms with Gasteiger partial charge in [-0.1, -0.05) is 0 Å². The lowest BCUT2D eigenvalue weighted by Gasteiger charge is -2.32. The summed E-state index contributed by atoms with van der Waals surface area (Å²) in [6.45, 7) is 0. The SMILES string of the molecule is NNS(=O)(=O)C(F)(F)C(F)(F)C(F)(F)C(F)(F)F. The highest BCUT2D eigenvalue weighted by Crippen LogP contribution is 2.54. The highest BCUT2D eigenvalue weighted by molar-refractivity contribution is 7.90. The number of nitrogens with two attached hydrogens (primary N) is 1. The average molecular weight is 314 g/mol. The van der Waals surface area contributed by atoms with Crippen molar-refractivity contribution in [2.75, 3.05) is 0 Å². The van der Waals surface area contributed by atoms with Gasteiger partial charge in [0.1, 0.15) is 0 Å².